The molecule has 0 radical (unpaired) electrons. The molecule has 0 N–H and O–H groups in total. The van der Waals surface area contributed by atoms with Gasteiger partial charge in [-0.25, -0.2) is 14.6 Å². The summed E-state index contributed by atoms with van der Waals surface area (Å²) in [5, 5.41) is 0. The summed E-state index contributed by atoms with van der Waals surface area (Å²) < 4.78 is 14.7. The van der Waals surface area contributed by atoms with Gasteiger partial charge in [0.25, 0.3) is 5.56 Å². The summed E-state index contributed by atoms with van der Waals surface area (Å²) in [5.74, 6) is -1.06. The van der Waals surface area contributed by atoms with E-state index in [-0.39, 0.29) is 29.2 Å². The zero-order chi connectivity index (χ0) is 26.1. The summed E-state index contributed by atoms with van der Waals surface area (Å²) in [7, 11) is 8.20. The molecule has 0 unspecified atom stereocenters. The number of methoxy groups -OCH3 is 1. The van der Waals surface area contributed by atoms with Gasteiger partial charge in [-0.15, -0.1) is 0 Å². The molecule has 11 nitrogen and oxygen atoms in total. The second-order valence-electron chi connectivity index (χ2n) is 9.29. The summed E-state index contributed by atoms with van der Waals surface area (Å²) in [6.07, 6.45) is 3.78. The van der Waals surface area contributed by atoms with E-state index in [1.54, 1.807) is 42.9 Å². The van der Waals surface area contributed by atoms with Gasteiger partial charge < -0.3 is 14.0 Å². The summed E-state index contributed by atoms with van der Waals surface area (Å²) in [6, 6.07) is 9.36. The molecular formula is C25H31N5O6. The SMILES string of the molecule is COC(=O)[C@H]1[C@@H](OC(=O)c2ccccc2)C[C@@H]2CC[C@H]1N2C.Cn1c(=O)c2c(ncn2C)n(C)c1=O. The Hall–Kier alpha value is -3.73. The molecule has 2 fully saturated rings. The first-order chi connectivity index (χ1) is 17.1. The van der Waals surface area contributed by atoms with Gasteiger partial charge in [0.15, 0.2) is 11.2 Å². The van der Waals surface area contributed by atoms with Gasteiger partial charge in [0.1, 0.15) is 12.0 Å². The third-order valence-electron chi connectivity index (χ3n) is 7.27. The van der Waals surface area contributed by atoms with Gasteiger partial charge in [-0.1, -0.05) is 18.2 Å². The highest BCUT2D eigenvalue weighted by molar-refractivity contribution is 5.89. The topological polar surface area (TPSA) is 118 Å². The van der Waals surface area contributed by atoms with E-state index < -0.39 is 12.0 Å². The van der Waals surface area contributed by atoms with Crippen LogP contribution in [0.3, 0.4) is 0 Å². The summed E-state index contributed by atoms with van der Waals surface area (Å²) in [4.78, 5) is 53.9. The highest BCUT2D eigenvalue weighted by atomic mass is 16.6. The Balaban J connectivity index is 0.000000187. The molecule has 2 saturated heterocycles. The van der Waals surface area contributed by atoms with E-state index in [9.17, 15) is 19.2 Å². The molecule has 5 rings (SSSR count). The van der Waals surface area contributed by atoms with E-state index in [1.165, 1.54) is 25.1 Å². The standard InChI is InChI=1S/C17H21NO4.C8H10N4O2/c1-18-12-8-9-13(18)15(17(20)21-2)14(10-12)22-16(19)11-6-4-3-5-7-11;1-10-4-9-6-5(10)7(13)12(3)8(14)11(6)2/h3-7,12-15H,8-10H2,1-2H3;4H,1-3H3/t12-,13+,14-,15+;/m0./s1. The van der Waals surface area contributed by atoms with Gasteiger partial charge in [-0.2, -0.15) is 0 Å². The number of hydrogen-bond donors (Lipinski definition) is 0. The molecule has 2 aromatic heterocycles. The number of carbonyl (C=O) groups excluding carboxylic acids is 2. The molecule has 36 heavy (non-hydrogen) atoms. The molecule has 4 atom stereocenters. The Kier molecular flexibility index (Phi) is 7.11. The molecule has 2 bridgehead atoms. The highest BCUT2D eigenvalue weighted by Gasteiger charge is 2.51. The number of piperidine rings is 1. The Labute approximate surface area is 207 Å². The van der Waals surface area contributed by atoms with Crippen LogP contribution in [0.25, 0.3) is 11.2 Å². The normalized spacial score (nSPS) is 23.1. The number of aryl methyl sites for hydroxylation is 2. The molecule has 4 heterocycles. The van der Waals surface area contributed by atoms with Crippen molar-refractivity contribution in [2.75, 3.05) is 14.2 Å². The Morgan fingerprint density at radius 1 is 1.00 bits per heavy atom. The molecule has 3 aromatic rings. The van der Waals surface area contributed by atoms with Crippen molar-refractivity contribution in [2.45, 2.75) is 37.5 Å². The van der Waals surface area contributed by atoms with Gasteiger partial charge in [0.2, 0.25) is 0 Å². The van der Waals surface area contributed by atoms with Gasteiger partial charge in [-0.05, 0) is 32.0 Å². The Morgan fingerprint density at radius 2 is 1.69 bits per heavy atom. The van der Waals surface area contributed by atoms with Crippen molar-refractivity contribution in [1.29, 1.82) is 0 Å². The molecule has 2 aliphatic rings. The summed E-state index contributed by atoms with van der Waals surface area (Å²) in [6.45, 7) is 0. The number of imidazole rings is 1. The lowest BCUT2D eigenvalue weighted by Crippen LogP contribution is -2.53. The molecule has 0 spiro atoms. The molecule has 1 aromatic carbocycles. The number of ether oxygens (including phenoxy) is 2. The predicted octanol–water partition coefficient (Wildman–Crippen LogP) is 0.838. The fourth-order valence-corrected chi connectivity index (χ4v) is 5.24. The van der Waals surface area contributed by atoms with Gasteiger partial charge in [0.05, 0.1) is 19.0 Å². The molecule has 2 aliphatic heterocycles. The van der Waals surface area contributed by atoms with Crippen LogP contribution in [0.5, 0.6) is 0 Å². The minimum atomic E-state index is -0.408. The minimum absolute atomic E-state index is 0.0970. The van der Waals surface area contributed by atoms with Crippen LogP contribution in [0.4, 0.5) is 0 Å². The zero-order valence-corrected chi connectivity index (χ0v) is 21.1. The van der Waals surface area contributed by atoms with Crippen LogP contribution in [0.15, 0.2) is 46.2 Å². The lowest BCUT2D eigenvalue weighted by molar-refractivity contribution is -0.156. The van der Waals surface area contributed by atoms with Crippen molar-refractivity contribution in [3.63, 3.8) is 0 Å². The fraction of sp³-hybridized carbons (Fsp3) is 0.480. The van der Waals surface area contributed by atoms with E-state index >= 15 is 0 Å². The van der Waals surface area contributed by atoms with Gasteiger partial charge in [-0.3, -0.25) is 23.6 Å². The Morgan fingerprint density at radius 3 is 2.36 bits per heavy atom. The number of esters is 2. The van der Waals surface area contributed by atoms with Crippen LogP contribution in [-0.4, -0.2) is 67.9 Å². The minimum Gasteiger partial charge on any atom is -0.469 e. The second kappa shape index (κ2) is 10.1. The fourth-order valence-electron chi connectivity index (χ4n) is 5.24. The quantitative estimate of drug-likeness (QED) is 0.489. The van der Waals surface area contributed by atoms with Crippen LogP contribution in [-0.2, 0) is 35.4 Å². The van der Waals surface area contributed by atoms with Crippen LogP contribution in [0, 0.1) is 5.92 Å². The average molecular weight is 498 g/mol. The van der Waals surface area contributed by atoms with Gasteiger partial charge >= 0.3 is 17.6 Å². The van der Waals surface area contributed by atoms with E-state index in [0.29, 0.717) is 29.2 Å². The van der Waals surface area contributed by atoms with Gasteiger partial charge in [0, 0.05) is 39.6 Å². The average Bonchev–Trinajstić information content (AvgIpc) is 3.38. The molecule has 0 aliphatic carbocycles. The van der Waals surface area contributed by atoms with Crippen LogP contribution < -0.4 is 11.2 Å². The number of fused-ring (bicyclic) bond motifs is 3. The van der Waals surface area contributed by atoms with E-state index in [4.69, 9.17) is 9.47 Å². The maximum absolute atomic E-state index is 12.3. The molecule has 0 amide bonds. The predicted molar refractivity (Wildman–Crippen MR) is 132 cm³/mol. The molecule has 11 heteroatoms. The molecule has 192 valence electrons. The zero-order valence-electron chi connectivity index (χ0n) is 21.1. The smallest absolute Gasteiger partial charge is 0.338 e. The number of carbonyl (C=O) groups is 2. The van der Waals surface area contributed by atoms with Crippen molar-refractivity contribution in [1.82, 2.24) is 23.6 Å². The van der Waals surface area contributed by atoms with Crippen molar-refractivity contribution >= 4 is 23.1 Å². The Bertz CT molecular complexity index is 1390. The largest absolute Gasteiger partial charge is 0.469 e. The lowest BCUT2D eigenvalue weighted by Gasteiger charge is -2.40. The number of aromatic nitrogens is 4. The van der Waals surface area contributed by atoms with Crippen molar-refractivity contribution in [3.8, 4) is 0 Å². The van der Waals surface area contributed by atoms with Crippen LogP contribution in [0.1, 0.15) is 29.6 Å². The number of benzene rings is 1. The van der Waals surface area contributed by atoms with Crippen molar-refractivity contribution < 1.29 is 19.1 Å². The molecular weight excluding hydrogens is 466 g/mol. The third kappa shape index (κ3) is 4.46. The first-order valence-corrected chi connectivity index (χ1v) is 11.8. The first kappa shape index (κ1) is 25.4. The van der Waals surface area contributed by atoms with E-state index in [2.05, 4.69) is 9.88 Å². The molecule has 0 saturated carbocycles. The third-order valence-corrected chi connectivity index (χ3v) is 7.27. The maximum Gasteiger partial charge on any atom is 0.338 e. The second-order valence-corrected chi connectivity index (χ2v) is 9.29. The number of hydrogen-bond acceptors (Lipinski definition) is 8. The summed E-state index contributed by atoms with van der Waals surface area (Å²) >= 11 is 0. The maximum atomic E-state index is 12.3. The monoisotopic (exact) mass is 497 g/mol. The number of rotatable bonds is 3. The van der Waals surface area contributed by atoms with Crippen molar-refractivity contribution in [2.24, 2.45) is 27.1 Å². The summed E-state index contributed by atoms with van der Waals surface area (Å²) in [5.41, 5.74) is 0.692. The van der Waals surface area contributed by atoms with Crippen LogP contribution >= 0.6 is 0 Å². The lowest BCUT2D eigenvalue weighted by atomic mass is 9.87. The van der Waals surface area contributed by atoms with Crippen LogP contribution in [0.2, 0.25) is 0 Å². The van der Waals surface area contributed by atoms with Crippen molar-refractivity contribution in [3.05, 3.63) is 63.1 Å². The van der Waals surface area contributed by atoms with E-state index in [1.807, 2.05) is 13.1 Å². The first-order valence-electron chi connectivity index (χ1n) is 11.8. The van der Waals surface area contributed by atoms with E-state index in [0.717, 1.165) is 17.4 Å². The highest BCUT2D eigenvalue weighted by Crippen LogP contribution is 2.40. The number of nitrogens with zero attached hydrogens (tertiary/aromatic N) is 5.